The summed E-state index contributed by atoms with van der Waals surface area (Å²) in [5, 5.41) is 3.05. The van der Waals surface area contributed by atoms with Gasteiger partial charge in [0.05, 0.1) is 6.04 Å². The van der Waals surface area contributed by atoms with Crippen molar-refractivity contribution in [2.45, 2.75) is 33.0 Å². The fourth-order valence-corrected chi connectivity index (χ4v) is 2.34. The van der Waals surface area contributed by atoms with Crippen LogP contribution >= 0.6 is 0 Å². The smallest absolute Gasteiger partial charge is 0.241 e. The molecule has 5 heteroatoms. The van der Waals surface area contributed by atoms with Gasteiger partial charge in [-0.1, -0.05) is 13.8 Å². The standard InChI is InChI=1S/C14H18F2N2O/c1-8(2)7-18-13(17-9(3)14(18)19)11-5-4-10(15)6-12(11)16/h4-6,8-9,13,17H,7H2,1-3H3. The molecule has 2 atom stereocenters. The molecule has 1 aliphatic heterocycles. The van der Waals surface area contributed by atoms with Crippen LogP contribution in [0.15, 0.2) is 18.2 Å². The van der Waals surface area contributed by atoms with Crippen molar-refractivity contribution in [3.8, 4) is 0 Å². The van der Waals surface area contributed by atoms with E-state index in [2.05, 4.69) is 5.32 Å². The predicted octanol–water partition coefficient (Wildman–Crippen LogP) is 2.44. The van der Waals surface area contributed by atoms with E-state index in [9.17, 15) is 13.6 Å². The molecule has 2 unspecified atom stereocenters. The molecule has 0 spiro atoms. The van der Waals surface area contributed by atoms with Gasteiger partial charge in [0, 0.05) is 18.2 Å². The molecule has 3 nitrogen and oxygen atoms in total. The summed E-state index contributed by atoms with van der Waals surface area (Å²) in [5.74, 6) is -1.02. The number of halogens is 2. The Morgan fingerprint density at radius 2 is 2.05 bits per heavy atom. The lowest BCUT2D eigenvalue weighted by atomic mass is 10.1. The number of hydrogen-bond acceptors (Lipinski definition) is 2. The molecule has 1 N–H and O–H groups in total. The zero-order valence-corrected chi connectivity index (χ0v) is 11.3. The van der Waals surface area contributed by atoms with E-state index < -0.39 is 17.8 Å². The van der Waals surface area contributed by atoms with Crippen LogP contribution in [0.25, 0.3) is 0 Å². The highest BCUT2D eigenvalue weighted by molar-refractivity contribution is 5.84. The van der Waals surface area contributed by atoms with E-state index >= 15 is 0 Å². The monoisotopic (exact) mass is 268 g/mol. The second-order valence-electron chi connectivity index (χ2n) is 5.34. The van der Waals surface area contributed by atoms with Crippen molar-refractivity contribution in [3.63, 3.8) is 0 Å². The normalized spacial score (nSPS) is 23.5. The Kier molecular flexibility index (Phi) is 3.85. The molecular weight excluding hydrogens is 250 g/mol. The fourth-order valence-electron chi connectivity index (χ4n) is 2.34. The molecular formula is C14H18F2N2O. The van der Waals surface area contributed by atoms with Gasteiger partial charge < -0.3 is 4.90 Å². The molecule has 1 fully saturated rings. The summed E-state index contributed by atoms with van der Waals surface area (Å²) in [6, 6.07) is 3.09. The van der Waals surface area contributed by atoms with Gasteiger partial charge in [-0.05, 0) is 25.0 Å². The van der Waals surface area contributed by atoms with E-state index in [0.717, 1.165) is 6.07 Å². The van der Waals surface area contributed by atoms with E-state index in [1.165, 1.54) is 12.1 Å². The average Bonchev–Trinajstić information content (AvgIpc) is 2.57. The highest BCUT2D eigenvalue weighted by Gasteiger charge is 2.38. The van der Waals surface area contributed by atoms with E-state index in [1.54, 1.807) is 11.8 Å². The first-order valence-corrected chi connectivity index (χ1v) is 6.41. The number of hydrogen-bond donors (Lipinski definition) is 1. The van der Waals surface area contributed by atoms with Gasteiger partial charge in [0.25, 0.3) is 0 Å². The van der Waals surface area contributed by atoms with Gasteiger partial charge >= 0.3 is 0 Å². The summed E-state index contributed by atoms with van der Waals surface area (Å²) in [6.07, 6.45) is -0.523. The van der Waals surface area contributed by atoms with Crippen LogP contribution < -0.4 is 5.32 Å². The third-order valence-corrected chi connectivity index (χ3v) is 3.19. The summed E-state index contributed by atoms with van der Waals surface area (Å²) in [7, 11) is 0. The topological polar surface area (TPSA) is 32.3 Å². The minimum Gasteiger partial charge on any atom is -0.321 e. The van der Waals surface area contributed by atoms with Crippen molar-refractivity contribution < 1.29 is 13.6 Å². The molecule has 0 bridgehead atoms. The van der Waals surface area contributed by atoms with Crippen molar-refractivity contribution >= 4 is 5.91 Å². The lowest BCUT2D eigenvalue weighted by Crippen LogP contribution is -2.34. The summed E-state index contributed by atoms with van der Waals surface area (Å²) in [6.45, 7) is 6.28. The Labute approximate surface area is 111 Å². The van der Waals surface area contributed by atoms with Crippen LogP contribution in [0.5, 0.6) is 0 Å². The van der Waals surface area contributed by atoms with Gasteiger partial charge in [-0.3, -0.25) is 10.1 Å². The molecule has 1 aliphatic rings. The SMILES string of the molecule is CC(C)CN1C(=O)C(C)NC1c1ccc(F)cc1F. The van der Waals surface area contributed by atoms with Crippen molar-refractivity contribution in [3.05, 3.63) is 35.4 Å². The lowest BCUT2D eigenvalue weighted by molar-refractivity contribution is -0.130. The highest BCUT2D eigenvalue weighted by atomic mass is 19.1. The molecule has 0 aliphatic carbocycles. The zero-order chi connectivity index (χ0) is 14.2. The number of nitrogens with zero attached hydrogens (tertiary/aromatic N) is 1. The number of carbonyl (C=O) groups excluding carboxylic acids is 1. The Bertz CT molecular complexity index is 490. The van der Waals surface area contributed by atoms with Gasteiger partial charge in [0.15, 0.2) is 0 Å². The first kappa shape index (κ1) is 13.9. The van der Waals surface area contributed by atoms with Crippen LogP contribution in [0.3, 0.4) is 0 Å². The highest BCUT2D eigenvalue weighted by Crippen LogP contribution is 2.28. The zero-order valence-electron chi connectivity index (χ0n) is 11.3. The van der Waals surface area contributed by atoms with Crippen LogP contribution in [0.4, 0.5) is 8.78 Å². The Balaban J connectivity index is 2.33. The Hall–Kier alpha value is -1.49. The maximum atomic E-state index is 13.8. The fraction of sp³-hybridized carbons (Fsp3) is 0.500. The number of rotatable bonds is 3. The van der Waals surface area contributed by atoms with Crippen LogP contribution in [0.2, 0.25) is 0 Å². The largest absolute Gasteiger partial charge is 0.321 e. The molecule has 1 aromatic carbocycles. The number of carbonyl (C=O) groups is 1. The van der Waals surface area contributed by atoms with Crippen molar-refractivity contribution in [1.29, 1.82) is 0 Å². The van der Waals surface area contributed by atoms with Crippen molar-refractivity contribution in [2.24, 2.45) is 5.92 Å². The van der Waals surface area contributed by atoms with Gasteiger partial charge in [-0.15, -0.1) is 0 Å². The molecule has 1 heterocycles. The molecule has 104 valence electrons. The Morgan fingerprint density at radius 3 is 2.63 bits per heavy atom. The summed E-state index contributed by atoms with van der Waals surface area (Å²) < 4.78 is 26.8. The maximum Gasteiger partial charge on any atom is 0.241 e. The van der Waals surface area contributed by atoms with Crippen molar-refractivity contribution in [2.75, 3.05) is 6.54 Å². The lowest BCUT2D eigenvalue weighted by Gasteiger charge is -2.26. The van der Waals surface area contributed by atoms with Gasteiger partial charge in [0.2, 0.25) is 5.91 Å². The van der Waals surface area contributed by atoms with Gasteiger partial charge in [-0.2, -0.15) is 0 Å². The first-order chi connectivity index (χ1) is 8.90. The summed E-state index contributed by atoms with van der Waals surface area (Å²) in [4.78, 5) is 13.7. The average molecular weight is 268 g/mol. The third-order valence-electron chi connectivity index (χ3n) is 3.19. The quantitative estimate of drug-likeness (QED) is 0.913. The van der Waals surface area contributed by atoms with E-state index in [4.69, 9.17) is 0 Å². The van der Waals surface area contributed by atoms with Crippen LogP contribution in [-0.4, -0.2) is 23.4 Å². The summed E-state index contributed by atoms with van der Waals surface area (Å²) >= 11 is 0. The van der Waals surface area contributed by atoms with E-state index in [-0.39, 0.29) is 17.9 Å². The predicted molar refractivity (Wildman–Crippen MR) is 68.2 cm³/mol. The molecule has 0 radical (unpaired) electrons. The minimum atomic E-state index is -0.631. The molecule has 2 rings (SSSR count). The van der Waals surface area contributed by atoms with Crippen LogP contribution in [0.1, 0.15) is 32.5 Å². The number of benzene rings is 1. The van der Waals surface area contributed by atoms with Crippen molar-refractivity contribution in [1.82, 2.24) is 10.2 Å². The van der Waals surface area contributed by atoms with Gasteiger partial charge in [-0.25, -0.2) is 8.78 Å². The molecule has 1 saturated heterocycles. The second-order valence-corrected chi connectivity index (χ2v) is 5.34. The Morgan fingerprint density at radius 1 is 1.37 bits per heavy atom. The van der Waals surface area contributed by atoms with E-state index in [1.807, 2.05) is 13.8 Å². The molecule has 19 heavy (non-hydrogen) atoms. The molecule has 1 aromatic rings. The van der Waals surface area contributed by atoms with Gasteiger partial charge in [0.1, 0.15) is 17.8 Å². The number of nitrogens with one attached hydrogen (secondary N) is 1. The minimum absolute atomic E-state index is 0.0533. The third kappa shape index (κ3) is 2.76. The van der Waals surface area contributed by atoms with Crippen LogP contribution in [-0.2, 0) is 4.79 Å². The first-order valence-electron chi connectivity index (χ1n) is 6.41. The molecule has 0 saturated carbocycles. The molecule has 0 aromatic heterocycles. The number of amides is 1. The van der Waals surface area contributed by atoms with Crippen LogP contribution in [0, 0.1) is 17.6 Å². The summed E-state index contributed by atoms with van der Waals surface area (Å²) in [5.41, 5.74) is 0.305. The second kappa shape index (κ2) is 5.25. The maximum absolute atomic E-state index is 13.8. The van der Waals surface area contributed by atoms with E-state index in [0.29, 0.717) is 12.1 Å². The molecule has 1 amide bonds.